The Morgan fingerprint density at radius 1 is 0.778 bits per heavy atom. The molecule has 3 aliphatic heterocycles. The molecule has 15 heteroatoms. The maximum Gasteiger partial charge on any atom is 0.329 e. The topological polar surface area (TPSA) is 165 Å². The second-order valence-electron chi connectivity index (χ2n) is 10.3. The van der Waals surface area contributed by atoms with Gasteiger partial charge in [-0.2, -0.15) is 0 Å². The molecule has 0 aliphatic carbocycles. The van der Waals surface area contributed by atoms with E-state index >= 15 is 0 Å². The first-order valence-electron chi connectivity index (χ1n) is 14.1. The molecule has 2 unspecified atom stereocenters. The quantitative estimate of drug-likeness (QED) is 0.271. The Hall–Kier alpha value is -4.24. The van der Waals surface area contributed by atoms with Crippen molar-refractivity contribution in [1.82, 2.24) is 4.90 Å². The number of ether oxygens (including phenoxy) is 2. The smallest absolute Gasteiger partial charge is 0.329 e. The van der Waals surface area contributed by atoms with Gasteiger partial charge in [-0.15, -0.1) is 23.5 Å². The van der Waals surface area contributed by atoms with Crippen LogP contribution in [0.4, 0.5) is 11.4 Å². The van der Waals surface area contributed by atoms with E-state index in [4.69, 9.17) is 4.74 Å². The fourth-order valence-electron chi connectivity index (χ4n) is 5.79. The van der Waals surface area contributed by atoms with Gasteiger partial charge in [-0.25, -0.2) is 14.6 Å². The van der Waals surface area contributed by atoms with Crippen LogP contribution in [0, 0.1) is 0 Å². The molecule has 0 aromatic heterocycles. The van der Waals surface area contributed by atoms with E-state index in [-0.39, 0.29) is 46.1 Å². The maximum atomic E-state index is 14.0. The minimum Gasteiger partial charge on any atom is -0.469 e. The van der Waals surface area contributed by atoms with Gasteiger partial charge in [0.25, 0.3) is 11.8 Å². The van der Waals surface area contributed by atoms with Gasteiger partial charge in [0.2, 0.25) is 23.6 Å². The number of amides is 6. The molecule has 3 heterocycles. The van der Waals surface area contributed by atoms with Gasteiger partial charge in [0.15, 0.2) is 0 Å². The first-order valence-corrected chi connectivity index (χ1v) is 16.2. The number of esters is 2. The van der Waals surface area contributed by atoms with Crippen LogP contribution in [0.2, 0.25) is 0 Å². The summed E-state index contributed by atoms with van der Waals surface area (Å²) in [5.41, 5.74) is -0.182. The van der Waals surface area contributed by atoms with Crippen molar-refractivity contribution in [3.8, 4) is 0 Å². The van der Waals surface area contributed by atoms with Crippen LogP contribution in [0.3, 0.4) is 0 Å². The monoisotopic (exact) mass is 655 g/mol. The number of carbonyl (C=O) groups is 8. The largest absolute Gasteiger partial charge is 0.469 e. The van der Waals surface area contributed by atoms with Gasteiger partial charge in [-0.1, -0.05) is 13.8 Å². The van der Waals surface area contributed by atoms with Gasteiger partial charge in [0, 0.05) is 18.2 Å². The molecule has 0 spiro atoms. The number of carbonyl (C=O) groups excluding carboxylic acids is 8. The van der Waals surface area contributed by atoms with E-state index in [1.165, 1.54) is 47.8 Å². The van der Waals surface area contributed by atoms with Crippen molar-refractivity contribution in [2.75, 3.05) is 35.5 Å². The second-order valence-corrected chi connectivity index (χ2v) is 13.3. The summed E-state index contributed by atoms with van der Waals surface area (Å²) < 4.78 is 9.49. The number of methoxy groups -OCH3 is 2. The average Bonchev–Trinajstić information content (AvgIpc) is 3.46. The third kappa shape index (κ3) is 5.47. The zero-order valence-corrected chi connectivity index (χ0v) is 26.5. The van der Waals surface area contributed by atoms with E-state index in [1.54, 1.807) is 0 Å². The summed E-state index contributed by atoms with van der Waals surface area (Å²) in [4.78, 5) is 108. The molecule has 0 radical (unpaired) electrons. The molecular formula is C30H29N3O10S2. The lowest BCUT2D eigenvalue weighted by atomic mass is 9.91. The summed E-state index contributed by atoms with van der Waals surface area (Å²) in [5.74, 6) is -4.68. The highest BCUT2D eigenvalue weighted by Crippen LogP contribution is 2.41. The van der Waals surface area contributed by atoms with E-state index in [0.717, 1.165) is 24.0 Å². The van der Waals surface area contributed by atoms with Crippen molar-refractivity contribution >= 4 is 93.1 Å². The molecule has 2 saturated heterocycles. The molecule has 0 saturated carbocycles. The average molecular weight is 656 g/mol. The SMILES string of the molecule is CCSC1CC(=O)N(c2cc3c4c(cc(N5C(=O)CC(SCC)C5=O)cc4c2)C(=O)N([C@@H](CC(=O)OC)C(=O)OC)C3=O)C1=O. The van der Waals surface area contributed by atoms with Crippen LogP contribution in [-0.4, -0.2) is 94.5 Å². The van der Waals surface area contributed by atoms with Gasteiger partial charge < -0.3 is 9.47 Å². The van der Waals surface area contributed by atoms with Crippen molar-refractivity contribution in [3.05, 3.63) is 35.4 Å². The minimum atomic E-state index is -1.72. The summed E-state index contributed by atoms with van der Waals surface area (Å²) in [6, 6.07) is 3.75. The predicted molar refractivity (Wildman–Crippen MR) is 165 cm³/mol. The summed E-state index contributed by atoms with van der Waals surface area (Å²) in [6.45, 7) is 3.71. The third-order valence-corrected chi connectivity index (χ3v) is 9.96. The fourth-order valence-corrected chi connectivity index (χ4v) is 7.61. The second kappa shape index (κ2) is 12.6. The highest BCUT2D eigenvalue weighted by molar-refractivity contribution is 8.00. The highest BCUT2D eigenvalue weighted by Gasteiger charge is 2.46. The lowest BCUT2D eigenvalue weighted by Gasteiger charge is -2.33. The van der Waals surface area contributed by atoms with Crippen LogP contribution in [-0.2, 0) is 38.2 Å². The first kappa shape index (κ1) is 32.2. The van der Waals surface area contributed by atoms with Crippen LogP contribution in [0.25, 0.3) is 10.8 Å². The number of nitrogens with zero attached hydrogens (tertiary/aromatic N) is 3. The third-order valence-electron chi connectivity index (χ3n) is 7.75. The zero-order valence-electron chi connectivity index (χ0n) is 24.8. The molecular weight excluding hydrogens is 626 g/mol. The van der Waals surface area contributed by atoms with Gasteiger partial charge in [0.05, 0.1) is 53.6 Å². The number of rotatable bonds is 10. The molecule has 3 aliphatic rings. The standard InChI is InChI=1S/C30H29N3O10S2/c1-5-44-20-12-22(34)31(28(20)39)15-7-14-8-16(32-23(35)13-21(29(32)40)45-6-2)10-18-25(14)17(9-15)26(37)33(27(18)38)19(30(41)43-4)11-24(36)42-3/h7-10,19-21H,5-6,11-13H2,1-4H3/t19-,20?,21?/m0/s1. The number of thioether (sulfide) groups is 2. The molecule has 2 aromatic rings. The van der Waals surface area contributed by atoms with Gasteiger partial charge in [-0.05, 0) is 41.2 Å². The van der Waals surface area contributed by atoms with Crippen molar-refractivity contribution in [1.29, 1.82) is 0 Å². The number of hydrogen-bond acceptors (Lipinski definition) is 12. The molecule has 6 amide bonds. The summed E-state index contributed by atoms with van der Waals surface area (Å²) in [5, 5.41) is -0.908. The molecule has 13 nitrogen and oxygen atoms in total. The van der Waals surface area contributed by atoms with Crippen LogP contribution in [0.5, 0.6) is 0 Å². The molecule has 2 aromatic carbocycles. The normalized spacial score (nSPS) is 20.5. The summed E-state index contributed by atoms with van der Waals surface area (Å²) in [6.07, 6.45) is -0.812. The van der Waals surface area contributed by atoms with E-state index in [1.807, 2.05) is 13.8 Å². The molecule has 0 bridgehead atoms. The zero-order chi connectivity index (χ0) is 32.7. The fraction of sp³-hybridized carbons (Fsp3) is 0.400. The van der Waals surface area contributed by atoms with E-state index in [9.17, 15) is 38.4 Å². The van der Waals surface area contributed by atoms with Gasteiger partial charge in [0.1, 0.15) is 6.04 Å². The molecule has 5 rings (SSSR count). The van der Waals surface area contributed by atoms with Crippen molar-refractivity contribution in [2.24, 2.45) is 0 Å². The Morgan fingerprint density at radius 3 is 1.64 bits per heavy atom. The molecule has 0 N–H and O–H groups in total. The number of imide groups is 3. The lowest BCUT2D eigenvalue weighted by molar-refractivity contribution is -0.151. The van der Waals surface area contributed by atoms with Crippen LogP contribution in [0.1, 0.15) is 53.8 Å². The van der Waals surface area contributed by atoms with Crippen LogP contribution >= 0.6 is 23.5 Å². The minimum absolute atomic E-state index is 0.0403. The van der Waals surface area contributed by atoms with Crippen LogP contribution < -0.4 is 9.80 Å². The van der Waals surface area contributed by atoms with Crippen LogP contribution in [0.15, 0.2) is 24.3 Å². The Kier molecular flexibility index (Phi) is 9.03. The predicted octanol–water partition coefficient (Wildman–Crippen LogP) is 2.31. The molecule has 3 atom stereocenters. The number of hydrogen-bond donors (Lipinski definition) is 0. The highest BCUT2D eigenvalue weighted by atomic mass is 32.2. The summed E-state index contributed by atoms with van der Waals surface area (Å²) in [7, 11) is 2.11. The summed E-state index contributed by atoms with van der Waals surface area (Å²) >= 11 is 2.62. The van der Waals surface area contributed by atoms with Gasteiger partial charge >= 0.3 is 11.9 Å². The Labute approximate surface area is 265 Å². The Balaban J connectivity index is 1.74. The van der Waals surface area contributed by atoms with E-state index in [2.05, 4.69) is 4.74 Å². The van der Waals surface area contributed by atoms with Crippen molar-refractivity contribution in [3.63, 3.8) is 0 Å². The van der Waals surface area contributed by atoms with Crippen molar-refractivity contribution < 1.29 is 47.8 Å². The number of benzene rings is 2. The Morgan fingerprint density at radius 2 is 1.24 bits per heavy atom. The maximum absolute atomic E-state index is 14.0. The Bertz CT molecular complexity index is 1590. The van der Waals surface area contributed by atoms with E-state index < -0.39 is 70.3 Å². The first-order chi connectivity index (χ1) is 21.5. The lowest BCUT2D eigenvalue weighted by Crippen LogP contribution is -2.52. The molecule has 236 valence electrons. The van der Waals surface area contributed by atoms with Crippen molar-refractivity contribution in [2.45, 2.75) is 49.7 Å². The molecule has 2 fully saturated rings. The molecule has 45 heavy (non-hydrogen) atoms. The number of anilines is 2. The van der Waals surface area contributed by atoms with E-state index in [0.29, 0.717) is 16.4 Å². The van der Waals surface area contributed by atoms with Gasteiger partial charge in [-0.3, -0.25) is 38.5 Å².